The van der Waals surface area contributed by atoms with Gasteiger partial charge >= 0.3 is 0 Å². The van der Waals surface area contributed by atoms with E-state index in [4.69, 9.17) is 4.74 Å². The lowest BCUT2D eigenvalue weighted by Crippen LogP contribution is -2.38. The Morgan fingerprint density at radius 3 is 3.00 bits per heavy atom. The van der Waals surface area contributed by atoms with Gasteiger partial charge in [0.15, 0.2) is 0 Å². The summed E-state index contributed by atoms with van der Waals surface area (Å²) in [5, 5.41) is 0. The van der Waals surface area contributed by atoms with Crippen LogP contribution >= 0.6 is 0 Å². The second kappa shape index (κ2) is 4.62. The lowest BCUT2D eigenvalue weighted by molar-refractivity contribution is -0.117. The van der Waals surface area contributed by atoms with Crippen LogP contribution in [0.4, 0.5) is 0 Å². The largest absolute Gasteiger partial charge is 0.380 e. The Hall–Kier alpha value is -0.410. The zero-order chi connectivity index (χ0) is 10.7. The molecule has 2 atom stereocenters. The zero-order valence-electron chi connectivity index (χ0n) is 9.58. The van der Waals surface area contributed by atoms with Crippen LogP contribution in [0.25, 0.3) is 0 Å². The van der Waals surface area contributed by atoms with E-state index in [1.807, 2.05) is 0 Å². The zero-order valence-corrected chi connectivity index (χ0v) is 9.58. The number of carbonyl (C=O) groups excluding carboxylic acids is 1. The monoisotopic (exact) mass is 211 g/mol. The molecule has 2 unspecified atom stereocenters. The molecule has 0 bridgehead atoms. The Labute approximate surface area is 91.8 Å². The Bertz CT molecular complexity index is 224. The van der Waals surface area contributed by atoms with Gasteiger partial charge in [-0.3, -0.25) is 0 Å². The molecule has 0 saturated carbocycles. The molecule has 0 N–H and O–H groups in total. The summed E-state index contributed by atoms with van der Waals surface area (Å²) in [5.74, 6) is 0.844. The lowest BCUT2D eigenvalue weighted by Gasteiger charge is -2.26. The molecule has 0 spiro atoms. The molecule has 2 saturated heterocycles. The van der Waals surface area contributed by atoms with Crippen molar-refractivity contribution in [3.05, 3.63) is 0 Å². The normalized spacial score (nSPS) is 37.3. The van der Waals surface area contributed by atoms with Gasteiger partial charge in [0.05, 0.1) is 12.0 Å². The van der Waals surface area contributed by atoms with E-state index in [2.05, 4.69) is 11.8 Å². The fourth-order valence-electron chi connectivity index (χ4n) is 2.71. The molecule has 3 heteroatoms. The Morgan fingerprint density at radius 2 is 2.47 bits per heavy atom. The average molecular weight is 211 g/mol. The van der Waals surface area contributed by atoms with Gasteiger partial charge < -0.3 is 14.4 Å². The third-order valence-corrected chi connectivity index (χ3v) is 3.87. The number of likely N-dealkylation sites (tertiary alicyclic amines) is 1. The highest BCUT2D eigenvalue weighted by Gasteiger charge is 2.37. The first-order valence-corrected chi connectivity index (χ1v) is 6.04. The number of ether oxygens (including phenoxy) is 1. The van der Waals surface area contributed by atoms with Crippen molar-refractivity contribution in [2.75, 3.05) is 32.8 Å². The van der Waals surface area contributed by atoms with Gasteiger partial charge in [-0.15, -0.1) is 0 Å². The first-order chi connectivity index (χ1) is 7.28. The summed E-state index contributed by atoms with van der Waals surface area (Å²) < 4.78 is 5.36. The van der Waals surface area contributed by atoms with Gasteiger partial charge in [0, 0.05) is 19.7 Å². The van der Waals surface area contributed by atoms with Crippen molar-refractivity contribution in [2.24, 2.45) is 11.3 Å². The quantitative estimate of drug-likeness (QED) is 0.657. The molecule has 2 rings (SSSR count). The molecule has 0 radical (unpaired) electrons. The number of aldehydes is 1. The summed E-state index contributed by atoms with van der Waals surface area (Å²) in [7, 11) is 0. The SMILES string of the molecule is CCC1CCN(CC2(C=O)CCOC2)C1. The second-order valence-electron chi connectivity index (χ2n) is 5.08. The summed E-state index contributed by atoms with van der Waals surface area (Å²) in [4.78, 5) is 13.6. The van der Waals surface area contributed by atoms with Crippen LogP contribution in [0.5, 0.6) is 0 Å². The van der Waals surface area contributed by atoms with Crippen LogP contribution in [0.1, 0.15) is 26.2 Å². The van der Waals surface area contributed by atoms with Gasteiger partial charge in [0.2, 0.25) is 0 Å². The van der Waals surface area contributed by atoms with E-state index in [0.29, 0.717) is 6.61 Å². The van der Waals surface area contributed by atoms with E-state index in [9.17, 15) is 4.79 Å². The average Bonchev–Trinajstić information content (AvgIpc) is 2.88. The number of carbonyl (C=O) groups is 1. The van der Waals surface area contributed by atoms with Crippen molar-refractivity contribution in [1.29, 1.82) is 0 Å². The van der Waals surface area contributed by atoms with Crippen LogP contribution in [0.3, 0.4) is 0 Å². The van der Waals surface area contributed by atoms with Crippen molar-refractivity contribution in [3.63, 3.8) is 0 Å². The maximum atomic E-state index is 11.2. The predicted molar refractivity (Wildman–Crippen MR) is 58.8 cm³/mol. The molecule has 2 fully saturated rings. The topological polar surface area (TPSA) is 29.5 Å². The van der Waals surface area contributed by atoms with Crippen molar-refractivity contribution >= 4 is 6.29 Å². The molecule has 2 heterocycles. The summed E-state index contributed by atoms with van der Waals surface area (Å²) in [5.41, 5.74) is -0.192. The molecule has 0 aromatic heterocycles. The molecule has 2 aliphatic heterocycles. The molecule has 0 aromatic rings. The van der Waals surface area contributed by atoms with Gasteiger partial charge in [0.25, 0.3) is 0 Å². The minimum atomic E-state index is -0.192. The maximum Gasteiger partial charge on any atom is 0.129 e. The Balaban J connectivity index is 1.88. The Morgan fingerprint density at radius 1 is 1.60 bits per heavy atom. The van der Waals surface area contributed by atoms with Gasteiger partial charge in [-0.2, -0.15) is 0 Å². The van der Waals surface area contributed by atoms with E-state index in [-0.39, 0.29) is 5.41 Å². The molecule has 0 amide bonds. The first kappa shape index (κ1) is 11.1. The fourth-order valence-corrected chi connectivity index (χ4v) is 2.71. The number of nitrogens with zero attached hydrogens (tertiary/aromatic N) is 1. The van der Waals surface area contributed by atoms with Crippen LogP contribution < -0.4 is 0 Å². The predicted octanol–water partition coefficient (Wildman–Crippen LogP) is 1.32. The standard InChI is InChI=1S/C12H21NO2/c1-2-11-3-5-13(7-11)8-12(9-14)4-6-15-10-12/h9,11H,2-8,10H2,1H3. The lowest BCUT2D eigenvalue weighted by atomic mass is 9.88. The van der Waals surface area contributed by atoms with Crippen molar-refractivity contribution in [1.82, 2.24) is 4.90 Å². The van der Waals surface area contributed by atoms with Crippen LogP contribution in [0.2, 0.25) is 0 Å². The minimum Gasteiger partial charge on any atom is -0.380 e. The molecule has 2 aliphatic rings. The summed E-state index contributed by atoms with van der Waals surface area (Å²) >= 11 is 0. The highest BCUT2D eigenvalue weighted by Crippen LogP contribution is 2.30. The molecule has 3 nitrogen and oxygen atoms in total. The van der Waals surface area contributed by atoms with Gasteiger partial charge in [-0.05, 0) is 25.3 Å². The molecular formula is C12H21NO2. The molecule has 86 valence electrons. The van der Waals surface area contributed by atoms with E-state index in [1.165, 1.54) is 19.4 Å². The molecular weight excluding hydrogens is 190 g/mol. The Kier molecular flexibility index (Phi) is 3.42. The van der Waals surface area contributed by atoms with E-state index in [1.54, 1.807) is 0 Å². The molecule has 0 aromatic carbocycles. The third kappa shape index (κ3) is 2.40. The van der Waals surface area contributed by atoms with Crippen LogP contribution in [0, 0.1) is 11.3 Å². The van der Waals surface area contributed by atoms with E-state index >= 15 is 0 Å². The van der Waals surface area contributed by atoms with E-state index < -0.39 is 0 Å². The smallest absolute Gasteiger partial charge is 0.129 e. The van der Waals surface area contributed by atoms with Gasteiger partial charge in [0.1, 0.15) is 6.29 Å². The maximum absolute atomic E-state index is 11.2. The van der Waals surface area contributed by atoms with Crippen molar-refractivity contribution in [3.8, 4) is 0 Å². The fraction of sp³-hybridized carbons (Fsp3) is 0.917. The minimum absolute atomic E-state index is 0.192. The second-order valence-corrected chi connectivity index (χ2v) is 5.08. The highest BCUT2D eigenvalue weighted by atomic mass is 16.5. The number of rotatable bonds is 4. The third-order valence-electron chi connectivity index (χ3n) is 3.87. The van der Waals surface area contributed by atoms with Crippen LogP contribution in [0.15, 0.2) is 0 Å². The van der Waals surface area contributed by atoms with Crippen molar-refractivity contribution < 1.29 is 9.53 Å². The first-order valence-electron chi connectivity index (χ1n) is 6.04. The summed E-state index contributed by atoms with van der Waals surface area (Å²) in [6.45, 7) is 6.88. The van der Waals surface area contributed by atoms with Gasteiger partial charge in [-0.25, -0.2) is 0 Å². The van der Waals surface area contributed by atoms with Crippen LogP contribution in [-0.4, -0.2) is 44.0 Å². The van der Waals surface area contributed by atoms with Crippen LogP contribution in [-0.2, 0) is 9.53 Å². The molecule has 15 heavy (non-hydrogen) atoms. The molecule has 0 aliphatic carbocycles. The summed E-state index contributed by atoms with van der Waals surface area (Å²) in [6.07, 6.45) is 4.59. The summed E-state index contributed by atoms with van der Waals surface area (Å²) in [6, 6.07) is 0. The highest BCUT2D eigenvalue weighted by molar-refractivity contribution is 5.60. The van der Waals surface area contributed by atoms with E-state index in [0.717, 1.165) is 38.3 Å². The van der Waals surface area contributed by atoms with Crippen molar-refractivity contribution in [2.45, 2.75) is 26.2 Å². The van der Waals surface area contributed by atoms with Gasteiger partial charge in [-0.1, -0.05) is 13.3 Å². The number of hydrogen-bond donors (Lipinski definition) is 0. The number of hydrogen-bond acceptors (Lipinski definition) is 3.